The van der Waals surface area contributed by atoms with E-state index in [1.54, 1.807) is 7.11 Å². The zero-order valence-electron chi connectivity index (χ0n) is 13.6. The quantitative estimate of drug-likeness (QED) is 0.852. The lowest BCUT2D eigenvalue weighted by Crippen LogP contribution is -2.25. The minimum atomic E-state index is 0.110. The fourth-order valence-corrected chi connectivity index (χ4v) is 2.67. The molecule has 1 aliphatic carbocycles. The molecule has 3 heteroatoms. The number of rotatable bonds is 3. The van der Waals surface area contributed by atoms with E-state index < -0.39 is 0 Å². The molecule has 1 aromatic rings. The van der Waals surface area contributed by atoms with Gasteiger partial charge >= 0.3 is 0 Å². The van der Waals surface area contributed by atoms with E-state index in [1.165, 1.54) is 0 Å². The normalized spacial score (nSPS) is 23.5. The lowest BCUT2D eigenvalue weighted by atomic mass is 9.87. The van der Waals surface area contributed by atoms with Gasteiger partial charge in [-0.1, -0.05) is 39.0 Å². The largest absolute Gasteiger partial charge is 0.496 e. The van der Waals surface area contributed by atoms with Crippen molar-refractivity contribution in [3.63, 3.8) is 0 Å². The summed E-state index contributed by atoms with van der Waals surface area (Å²) in [6, 6.07) is 8.23. The molecule has 0 aromatic heterocycles. The van der Waals surface area contributed by atoms with Crippen molar-refractivity contribution in [3.8, 4) is 5.75 Å². The fraction of sp³-hybridized carbons (Fsp3) is 0.368. The van der Waals surface area contributed by atoms with Gasteiger partial charge in [-0.2, -0.15) is 0 Å². The van der Waals surface area contributed by atoms with Gasteiger partial charge in [-0.25, -0.2) is 4.99 Å². The summed E-state index contributed by atoms with van der Waals surface area (Å²) in [5, 5.41) is 0. The maximum Gasteiger partial charge on any atom is 0.192 e. The molecule has 1 aromatic carbocycles. The molecule has 2 aliphatic rings. The molecule has 0 amide bonds. The van der Waals surface area contributed by atoms with Crippen LogP contribution in [0.3, 0.4) is 0 Å². The molecule has 0 unspecified atom stereocenters. The second-order valence-electron chi connectivity index (χ2n) is 6.68. The van der Waals surface area contributed by atoms with Crippen LogP contribution in [0.2, 0.25) is 0 Å². The van der Waals surface area contributed by atoms with E-state index in [-0.39, 0.29) is 11.5 Å². The van der Waals surface area contributed by atoms with Gasteiger partial charge in [-0.3, -0.25) is 0 Å². The highest BCUT2D eigenvalue weighted by Crippen LogP contribution is 2.44. The van der Waals surface area contributed by atoms with Gasteiger partial charge in [0.2, 0.25) is 0 Å². The Kier molecular flexibility index (Phi) is 4.16. The lowest BCUT2D eigenvalue weighted by molar-refractivity contribution is 0.234. The predicted molar refractivity (Wildman–Crippen MR) is 88.1 cm³/mol. The summed E-state index contributed by atoms with van der Waals surface area (Å²) in [7, 11) is 1.70. The number of para-hydroxylation sites is 1. The molecule has 1 atom stereocenters. The molecule has 1 fully saturated rings. The summed E-state index contributed by atoms with van der Waals surface area (Å²) in [6.45, 7) is 7.23. The molecule has 0 spiro atoms. The van der Waals surface area contributed by atoms with Gasteiger partial charge < -0.3 is 9.47 Å². The highest BCUT2D eigenvalue weighted by Gasteiger charge is 2.41. The zero-order chi connectivity index (χ0) is 15.7. The predicted octanol–water partition coefficient (Wildman–Crippen LogP) is 3.66. The van der Waals surface area contributed by atoms with Crippen LogP contribution in [0, 0.1) is 36.5 Å². The Balaban J connectivity index is 1.85. The van der Waals surface area contributed by atoms with Crippen LogP contribution < -0.4 is 4.74 Å². The first-order valence-corrected chi connectivity index (χ1v) is 7.61. The molecule has 3 rings (SSSR count). The van der Waals surface area contributed by atoms with Crippen molar-refractivity contribution < 1.29 is 9.47 Å². The van der Waals surface area contributed by atoms with Crippen molar-refractivity contribution in [2.75, 3.05) is 13.7 Å². The van der Waals surface area contributed by atoms with Gasteiger partial charge in [-0.05, 0) is 30.7 Å². The number of methoxy groups -OCH3 is 1. The summed E-state index contributed by atoms with van der Waals surface area (Å²) < 4.78 is 11.4. The molecule has 22 heavy (non-hydrogen) atoms. The number of ether oxygens (including phenoxy) is 2. The summed E-state index contributed by atoms with van der Waals surface area (Å²) in [6.07, 6.45) is 6.18. The average molecular weight is 296 g/mol. The van der Waals surface area contributed by atoms with E-state index in [4.69, 9.17) is 14.5 Å². The van der Waals surface area contributed by atoms with Crippen molar-refractivity contribution >= 4 is 5.90 Å². The zero-order valence-corrected chi connectivity index (χ0v) is 13.6. The van der Waals surface area contributed by atoms with Crippen molar-refractivity contribution in [1.29, 1.82) is 0 Å². The standard InChI is InChI=1S/C19H22NO2/c1-19(2,3)17-12-22-18(20-17)15-10-7-9-13(15)14-8-5-6-11-16(14)21-4/h5-11,17H,12H2,1-4H3/t17-/m1/s1. The van der Waals surface area contributed by atoms with E-state index in [9.17, 15) is 0 Å². The topological polar surface area (TPSA) is 30.8 Å². The Labute approximate surface area is 133 Å². The first kappa shape index (κ1) is 15.4. The van der Waals surface area contributed by atoms with E-state index in [1.807, 2.05) is 24.6 Å². The average Bonchev–Trinajstić information content (AvgIpc) is 3.15. The highest BCUT2D eigenvalue weighted by molar-refractivity contribution is 6.00. The van der Waals surface area contributed by atoms with Gasteiger partial charge in [0.15, 0.2) is 5.90 Å². The number of hydrogen-bond donors (Lipinski definition) is 0. The van der Waals surface area contributed by atoms with Crippen LogP contribution in [0.25, 0.3) is 0 Å². The molecule has 115 valence electrons. The van der Waals surface area contributed by atoms with Gasteiger partial charge in [-0.15, -0.1) is 0 Å². The molecular formula is C19H22NO2. The van der Waals surface area contributed by atoms with Crippen molar-refractivity contribution in [2.24, 2.45) is 10.4 Å². The summed E-state index contributed by atoms with van der Waals surface area (Å²) in [4.78, 5) is 4.80. The Hall–Kier alpha value is -1.51. The molecule has 0 N–H and O–H groups in total. The Morgan fingerprint density at radius 2 is 1.86 bits per heavy atom. The van der Waals surface area contributed by atoms with Crippen LogP contribution in [-0.2, 0) is 4.74 Å². The van der Waals surface area contributed by atoms with Crippen LogP contribution in [0.1, 0.15) is 26.3 Å². The second kappa shape index (κ2) is 5.94. The third-order valence-corrected chi connectivity index (χ3v) is 4.09. The van der Waals surface area contributed by atoms with E-state index in [2.05, 4.69) is 39.7 Å². The third kappa shape index (κ3) is 2.86. The van der Waals surface area contributed by atoms with Crippen LogP contribution in [0.5, 0.6) is 5.75 Å². The Morgan fingerprint density at radius 1 is 1.14 bits per heavy atom. The monoisotopic (exact) mass is 296 g/mol. The van der Waals surface area contributed by atoms with Crippen LogP contribution in [0.15, 0.2) is 29.3 Å². The Bertz CT molecular complexity index is 559. The molecule has 1 aliphatic heterocycles. The third-order valence-electron chi connectivity index (χ3n) is 4.09. The molecule has 0 bridgehead atoms. The molecule has 1 heterocycles. The second-order valence-corrected chi connectivity index (χ2v) is 6.68. The molecular weight excluding hydrogens is 274 g/mol. The summed E-state index contributed by atoms with van der Waals surface area (Å²) in [5.74, 6) is 3.74. The van der Waals surface area contributed by atoms with E-state index in [0.29, 0.717) is 6.61 Å². The van der Waals surface area contributed by atoms with E-state index >= 15 is 0 Å². The number of hydrogen-bond acceptors (Lipinski definition) is 3. The van der Waals surface area contributed by atoms with E-state index in [0.717, 1.165) is 29.0 Å². The number of aliphatic imine (C=N–C) groups is 1. The van der Waals surface area contributed by atoms with Gasteiger partial charge in [0.1, 0.15) is 12.4 Å². The maximum atomic E-state index is 5.88. The Morgan fingerprint density at radius 3 is 2.55 bits per heavy atom. The lowest BCUT2D eigenvalue weighted by Gasteiger charge is -2.22. The number of benzene rings is 1. The first-order valence-electron chi connectivity index (χ1n) is 7.61. The summed E-state index contributed by atoms with van der Waals surface area (Å²) >= 11 is 0. The van der Waals surface area contributed by atoms with Crippen LogP contribution in [-0.4, -0.2) is 25.7 Å². The summed E-state index contributed by atoms with van der Waals surface area (Å²) in [5.41, 5.74) is 1.18. The molecule has 0 saturated heterocycles. The minimum absolute atomic E-state index is 0.110. The van der Waals surface area contributed by atoms with Gasteiger partial charge in [0.25, 0.3) is 0 Å². The maximum absolute atomic E-state index is 5.88. The molecule has 5 radical (unpaired) electrons. The molecule has 1 saturated carbocycles. The van der Waals surface area contributed by atoms with Crippen LogP contribution in [0.4, 0.5) is 0 Å². The number of nitrogens with zero attached hydrogens (tertiary/aromatic N) is 1. The van der Waals surface area contributed by atoms with Gasteiger partial charge in [0.05, 0.1) is 19.1 Å². The van der Waals surface area contributed by atoms with Crippen LogP contribution >= 0.6 is 0 Å². The smallest absolute Gasteiger partial charge is 0.192 e. The first-order chi connectivity index (χ1) is 10.5. The fourth-order valence-electron chi connectivity index (χ4n) is 2.67. The molecule has 3 nitrogen and oxygen atoms in total. The van der Waals surface area contributed by atoms with Gasteiger partial charge in [0, 0.05) is 11.5 Å². The van der Waals surface area contributed by atoms with Crippen molar-refractivity contribution in [1.82, 2.24) is 0 Å². The highest BCUT2D eigenvalue weighted by atomic mass is 16.5. The van der Waals surface area contributed by atoms with Crippen molar-refractivity contribution in [3.05, 3.63) is 60.9 Å². The minimum Gasteiger partial charge on any atom is -0.496 e. The van der Waals surface area contributed by atoms with Crippen molar-refractivity contribution in [2.45, 2.75) is 26.8 Å². The SMILES string of the molecule is COc1ccccc1[C]1[CH][CH][CH][C]1C1=N[C@@H](C(C)(C)C)CO1.